The topological polar surface area (TPSA) is 26.3 Å². The average Bonchev–Trinajstić information content (AvgIpc) is 2.17. The van der Waals surface area contributed by atoms with Gasteiger partial charge in [-0.05, 0) is 25.1 Å². The van der Waals surface area contributed by atoms with Crippen molar-refractivity contribution in [3.05, 3.63) is 42.0 Å². The Morgan fingerprint density at radius 3 is 2.80 bits per heavy atom. The molecule has 0 aliphatic carbocycles. The van der Waals surface area contributed by atoms with Gasteiger partial charge in [-0.2, -0.15) is 8.78 Å². The summed E-state index contributed by atoms with van der Waals surface area (Å²) in [5.74, 6) is -0.252. The molecule has 1 aromatic carbocycles. The van der Waals surface area contributed by atoms with Gasteiger partial charge in [0.05, 0.1) is 0 Å². The number of ketones is 1. The predicted molar refractivity (Wildman–Crippen MR) is 52.2 cm³/mol. The maximum absolute atomic E-state index is 11.9. The first kappa shape index (κ1) is 11.4. The number of allylic oxidation sites excluding steroid dienone is 2. The molecule has 0 aliphatic heterocycles. The van der Waals surface area contributed by atoms with Gasteiger partial charge < -0.3 is 4.74 Å². The minimum atomic E-state index is -2.88. The molecule has 80 valence electrons. The Kier molecular flexibility index (Phi) is 3.97. The molecule has 0 radical (unpaired) electrons. The van der Waals surface area contributed by atoms with Crippen LogP contribution in [0.15, 0.2) is 36.4 Å². The fourth-order valence-corrected chi connectivity index (χ4v) is 1.07. The van der Waals surface area contributed by atoms with Crippen LogP contribution in [0.5, 0.6) is 5.75 Å². The zero-order chi connectivity index (χ0) is 11.3. The van der Waals surface area contributed by atoms with Crippen LogP contribution in [0, 0.1) is 0 Å². The Bertz CT molecular complexity index is 373. The third-order valence-corrected chi connectivity index (χ3v) is 1.66. The van der Waals surface area contributed by atoms with E-state index >= 15 is 0 Å². The summed E-state index contributed by atoms with van der Waals surface area (Å²) in [5.41, 5.74) is 0.325. The van der Waals surface area contributed by atoms with E-state index < -0.39 is 6.61 Å². The van der Waals surface area contributed by atoms with Gasteiger partial charge in [0.2, 0.25) is 0 Å². The minimum Gasteiger partial charge on any atom is -0.435 e. The van der Waals surface area contributed by atoms with Crippen LogP contribution < -0.4 is 4.74 Å². The van der Waals surface area contributed by atoms with E-state index in [1.807, 2.05) is 0 Å². The molecular weight excluding hydrogens is 202 g/mol. The second-order valence-electron chi connectivity index (χ2n) is 2.77. The first-order chi connectivity index (χ1) is 7.13. The quantitative estimate of drug-likeness (QED) is 0.566. The summed E-state index contributed by atoms with van der Waals surface area (Å²) in [7, 11) is 0. The lowest BCUT2D eigenvalue weighted by molar-refractivity contribution is -0.0498. The van der Waals surface area contributed by atoms with Crippen LogP contribution in [-0.2, 0) is 0 Å². The SMILES string of the molecule is C/C=C/C(=O)c1cccc(OC(F)F)c1. The summed E-state index contributed by atoms with van der Waals surface area (Å²) in [6, 6.07) is 5.70. The second-order valence-corrected chi connectivity index (χ2v) is 2.77. The number of carbonyl (C=O) groups is 1. The number of benzene rings is 1. The van der Waals surface area contributed by atoms with Crippen molar-refractivity contribution in [3.8, 4) is 5.75 Å². The van der Waals surface area contributed by atoms with E-state index in [-0.39, 0.29) is 11.5 Å². The summed E-state index contributed by atoms with van der Waals surface area (Å²) in [6.07, 6.45) is 2.95. The number of halogens is 2. The molecule has 1 rings (SSSR count). The van der Waals surface area contributed by atoms with Gasteiger partial charge in [-0.1, -0.05) is 18.2 Å². The molecule has 2 nitrogen and oxygen atoms in total. The third-order valence-electron chi connectivity index (χ3n) is 1.66. The maximum atomic E-state index is 11.9. The van der Waals surface area contributed by atoms with Crippen molar-refractivity contribution in [2.45, 2.75) is 13.5 Å². The lowest BCUT2D eigenvalue weighted by Crippen LogP contribution is -2.03. The fourth-order valence-electron chi connectivity index (χ4n) is 1.07. The Balaban J connectivity index is 2.87. The zero-order valence-electron chi connectivity index (χ0n) is 8.11. The molecular formula is C11H10F2O2. The molecule has 0 saturated heterocycles. The van der Waals surface area contributed by atoms with Crippen molar-refractivity contribution in [2.24, 2.45) is 0 Å². The smallest absolute Gasteiger partial charge is 0.387 e. The Hall–Kier alpha value is -1.71. The number of hydrogen-bond acceptors (Lipinski definition) is 2. The van der Waals surface area contributed by atoms with E-state index in [4.69, 9.17) is 0 Å². The summed E-state index contributed by atoms with van der Waals surface area (Å²) in [5, 5.41) is 0. The number of carbonyl (C=O) groups excluding carboxylic acids is 1. The van der Waals surface area contributed by atoms with Gasteiger partial charge in [-0.15, -0.1) is 0 Å². The number of ether oxygens (including phenoxy) is 1. The van der Waals surface area contributed by atoms with Crippen LogP contribution in [0.25, 0.3) is 0 Å². The molecule has 0 fully saturated rings. The van der Waals surface area contributed by atoms with Crippen LogP contribution in [0.4, 0.5) is 8.78 Å². The first-order valence-electron chi connectivity index (χ1n) is 4.35. The van der Waals surface area contributed by atoms with Crippen molar-refractivity contribution in [1.29, 1.82) is 0 Å². The Morgan fingerprint density at radius 1 is 1.47 bits per heavy atom. The van der Waals surface area contributed by atoms with Gasteiger partial charge in [0.1, 0.15) is 5.75 Å². The summed E-state index contributed by atoms with van der Waals surface area (Å²) < 4.78 is 27.9. The van der Waals surface area contributed by atoms with Gasteiger partial charge in [0.25, 0.3) is 0 Å². The summed E-state index contributed by atoms with van der Waals surface area (Å²) in [4.78, 5) is 11.4. The summed E-state index contributed by atoms with van der Waals surface area (Å²) >= 11 is 0. The van der Waals surface area contributed by atoms with Gasteiger partial charge in [0, 0.05) is 5.56 Å². The Morgan fingerprint density at radius 2 is 2.20 bits per heavy atom. The highest BCUT2D eigenvalue weighted by Crippen LogP contribution is 2.16. The van der Waals surface area contributed by atoms with E-state index in [1.54, 1.807) is 19.1 Å². The van der Waals surface area contributed by atoms with Crippen LogP contribution in [0.2, 0.25) is 0 Å². The molecule has 0 aliphatic rings. The van der Waals surface area contributed by atoms with Crippen molar-refractivity contribution < 1.29 is 18.3 Å². The van der Waals surface area contributed by atoms with Gasteiger partial charge >= 0.3 is 6.61 Å². The molecule has 0 bridgehead atoms. The third kappa shape index (κ3) is 3.50. The molecule has 0 spiro atoms. The maximum Gasteiger partial charge on any atom is 0.387 e. The number of rotatable bonds is 4. The minimum absolute atomic E-state index is 0.0136. The monoisotopic (exact) mass is 212 g/mol. The zero-order valence-corrected chi connectivity index (χ0v) is 8.11. The van der Waals surface area contributed by atoms with Crippen molar-refractivity contribution in [2.75, 3.05) is 0 Å². The predicted octanol–water partition coefficient (Wildman–Crippen LogP) is 3.05. The average molecular weight is 212 g/mol. The molecule has 0 atom stereocenters. The van der Waals surface area contributed by atoms with Gasteiger partial charge in [0.15, 0.2) is 5.78 Å². The highest BCUT2D eigenvalue weighted by atomic mass is 19.3. The van der Waals surface area contributed by atoms with Crippen molar-refractivity contribution >= 4 is 5.78 Å². The highest BCUT2D eigenvalue weighted by Gasteiger charge is 2.06. The van der Waals surface area contributed by atoms with Crippen LogP contribution in [-0.4, -0.2) is 12.4 Å². The van der Waals surface area contributed by atoms with Crippen LogP contribution in [0.3, 0.4) is 0 Å². The van der Waals surface area contributed by atoms with Crippen LogP contribution >= 0.6 is 0 Å². The molecule has 1 aromatic rings. The standard InChI is InChI=1S/C11H10F2O2/c1-2-4-10(14)8-5-3-6-9(7-8)15-11(12)13/h2-7,11H,1H3/b4-2+. The first-order valence-corrected chi connectivity index (χ1v) is 4.35. The van der Waals surface area contributed by atoms with E-state index in [0.29, 0.717) is 5.56 Å². The molecule has 0 heterocycles. The normalized spacial score (nSPS) is 10.9. The van der Waals surface area contributed by atoms with E-state index in [2.05, 4.69) is 4.74 Å². The Labute approximate surface area is 86.2 Å². The van der Waals surface area contributed by atoms with Crippen LogP contribution in [0.1, 0.15) is 17.3 Å². The number of hydrogen-bond donors (Lipinski definition) is 0. The van der Waals surface area contributed by atoms with Crippen molar-refractivity contribution in [3.63, 3.8) is 0 Å². The lowest BCUT2D eigenvalue weighted by atomic mass is 10.1. The van der Waals surface area contributed by atoms with E-state index in [0.717, 1.165) is 0 Å². The van der Waals surface area contributed by atoms with E-state index in [1.165, 1.54) is 24.3 Å². The molecule has 0 saturated carbocycles. The van der Waals surface area contributed by atoms with Gasteiger partial charge in [-0.3, -0.25) is 4.79 Å². The molecule has 0 aromatic heterocycles. The molecule has 0 N–H and O–H groups in total. The summed E-state index contributed by atoms with van der Waals surface area (Å²) in [6.45, 7) is -1.17. The van der Waals surface area contributed by atoms with E-state index in [9.17, 15) is 13.6 Å². The molecule has 0 unspecified atom stereocenters. The highest BCUT2D eigenvalue weighted by molar-refractivity contribution is 6.04. The lowest BCUT2D eigenvalue weighted by Gasteiger charge is -2.04. The molecule has 0 amide bonds. The molecule has 4 heteroatoms. The largest absolute Gasteiger partial charge is 0.435 e. The van der Waals surface area contributed by atoms with Crippen molar-refractivity contribution in [1.82, 2.24) is 0 Å². The fraction of sp³-hybridized carbons (Fsp3) is 0.182. The molecule has 15 heavy (non-hydrogen) atoms. The number of alkyl halides is 2. The van der Waals surface area contributed by atoms with Gasteiger partial charge in [-0.25, -0.2) is 0 Å². The second kappa shape index (κ2) is 5.24.